The van der Waals surface area contributed by atoms with Gasteiger partial charge in [0.25, 0.3) is 5.91 Å². The van der Waals surface area contributed by atoms with Gasteiger partial charge in [-0.25, -0.2) is 0 Å². The van der Waals surface area contributed by atoms with Gasteiger partial charge >= 0.3 is 0 Å². The van der Waals surface area contributed by atoms with E-state index in [-0.39, 0.29) is 19.1 Å². The van der Waals surface area contributed by atoms with Crippen molar-refractivity contribution in [1.82, 2.24) is 0 Å². The van der Waals surface area contributed by atoms with E-state index in [4.69, 9.17) is 10.5 Å². The van der Waals surface area contributed by atoms with E-state index < -0.39 is 6.10 Å². The molecule has 1 amide bonds. The Kier molecular flexibility index (Phi) is 3.69. The second kappa shape index (κ2) is 5.24. The van der Waals surface area contributed by atoms with Gasteiger partial charge in [0.2, 0.25) is 0 Å². The average Bonchev–Trinajstić information content (AvgIpc) is 2.40. The average molecular weight is 251 g/mol. The number of fused-ring (bicyclic) bond motifs is 1. The molecule has 18 heavy (non-hydrogen) atoms. The van der Waals surface area contributed by atoms with E-state index in [1.165, 1.54) is 0 Å². The predicted octanol–water partition coefficient (Wildman–Crippen LogP) is -0.227. The van der Waals surface area contributed by atoms with Crippen LogP contribution in [-0.2, 0) is 4.79 Å². The van der Waals surface area contributed by atoms with Gasteiger partial charge in [0.1, 0.15) is 5.75 Å². The van der Waals surface area contributed by atoms with Gasteiger partial charge in [-0.05, 0) is 18.2 Å². The number of carbonyl (C=O) groups is 1. The highest BCUT2D eigenvalue weighted by Gasteiger charge is 2.22. The number of benzene rings is 1. The van der Waals surface area contributed by atoms with E-state index in [0.717, 1.165) is 11.4 Å². The maximum atomic E-state index is 11.5. The van der Waals surface area contributed by atoms with E-state index in [2.05, 4.69) is 5.32 Å². The number of aliphatic hydroxyl groups excluding tert-OH is 1. The maximum Gasteiger partial charge on any atom is 0.264 e. The summed E-state index contributed by atoms with van der Waals surface area (Å²) in [6.07, 6.45) is -0.586. The molecule has 1 aliphatic rings. The number of likely N-dealkylation sites (N-methyl/N-ethyl adjacent to an activating group) is 1. The summed E-state index contributed by atoms with van der Waals surface area (Å²) in [6.45, 7) is 0.648. The molecule has 0 spiro atoms. The van der Waals surface area contributed by atoms with Gasteiger partial charge in [0, 0.05) is 25.8 Å². The van der Waals surface area contributed by atoms with Gasteiger partial charge < -0.3 is 25.8 Å². The van der Waals surface area contributed by atoms with Crippen molar-refractivity contribution in [3.8, 4) is 5.75 Å². The molecule has 0 bridgehead atoms. The quantitative estimate of drug-likeness (QED) is 0.688. The van der Waals surface area contributed by atoms with Crippen LogP contribution in [0.4, 0.5) is 11.4 Å². The number of aliphatic hydroxyl groups is 1. The zero-order valence-corrected chi connectivity index (χ0v) is 10.2. The Morgan fingerprint density at radius 3 is 3.11 bits per heavy atom. The number of ether oxygens (including phenoxy) is 1. The fourth-order valence-electron chi connectivity index (χ4n) is 1.70. The summed E-state index contributed by atoms with van der Waals surface area (Å²) < 4.78 is 5.32. The minimum Gasteiger partial charge on any atom is -0.482 e. The van der Waals surface area contributed by atoms with Crippen LogP contribution in [0.15, 0.2) is 18.2 Å². The molecule has 0 radical (unpaired) electrons. The Bertz CT molecular complexity index is 450. The van der Waals surface area contributed by atoms with Crippen LogP contribution >= 0.6 is 0 Å². The van der Waals surface area contributed by atoms with Crippen LogP contribution in [0.2, 0.25) is 0 Å². The van der Waals surface area contributed by atoms with Gasteiger partial charge in [-0.3, -0.25) is 4.79 Å². The van der Waals surface area contributed by atoms with Crippen LogP contribution in [0.25, 0.3) is 0 Å². The van der Waals surface area contributed by atoms with E-state index in [1.54, 1.807) is 18.0 Å². The number of nitrogens with one attached hydrogen (secondary N) is 1. The molecule has 1 aromatic carbocycles. The zero-order valence-electron chi connectivity index (χ0n) is 10.2. The monoisotopic (exact) mass is 251 g/mol. The molecule has 0 aliphatic carbocycles. The van der Waals surface area contributed by atoms with E-state index in [9.17, 15) is 9.90 Å². The number of nitrogens with two attached hydrogens (primary N) is 1. The lowest BCUT2D eigenvalue weighted by Gasteiger charge is -2.26. The minimum atomic E-state index is -0.586. The van der Waals surface area contributed by atoms with Crippen molar-refractivity contribution in [2.75, 3.05) is 37.0 Å². The second-order valence-corrected chi connectivity index (χ2v) is 4.19. The molecule has 1 heterocycles. The van der Waals surface area contributed by atoms with Crippen molar-refractivity contribution in [3.63, 3.8) is 0 Å². The van der Waals surface area contributed by atoms with Crippen LogP contribution in [-0.4, -0.2) is 43.9 Å². The third-order valence-electron chi connectivity index (χ3n) is 2.86. The normalized spacial score (nSPS) is 15.9. The van der Waals surface area contributed by atoms with Crippen molar-refractivity contribution in [2.45, 2.75) is 6.10 Å². The first-order chi connectivity index (χ1) is 8.61. The van der Waals surface area contributed by atoms with Crippen LogP contribution < -0.4 is 20.7 Å². The largest absolute Gasteiger partial charge is 0.482 e. The molecule has 1 aromatic rings. The SMILES string of the molecule is CN1C(=O)COc2ccc(NCC(O)CN)cc21. The fourth-order valence-corrected chi connectivity index (χ4v) is 1.70. The van der Waals surface area contributed by atoms with E-state index in [1.807, 2.05) is 12.1 Å². The first kappa shape index (κ1) is 12.7. The number of hydrogen-bond donors (Lipinski definition) is 3. The lowest BCUT2D eigenvalue weighted by Crippen LogP contribution is -2.35. The number of amides is 1. The maximum absolute atomic E-state index is 11.5. The molecule has 6 heteroatoms. The first-order valence-corrected chi connectivity index (χ1v) is 5.77. The molecule has 4 N–H and O–H groups in total. The number of rotatable bonds is 4. The number of nitrogens with zero attached hydrogens (tertiary/aromatic N) is 1. The van der Waals surface area contributed by atoms with Gasteiger partial charge in [0.15, 0.2) is 6.61 Å². The number of anilines is 2. The van der Waals surface area contributed by atoms with Gasteiger partial charge in [0.05, 0.1) is 11.8 Å². The molecule has 98 valence electrons. The number of carbonyl (C=O) groups excluding carboxylic acids is 1. The van der Waals surface area contributed by atoms with Gasteiger partial charge in [-0.15, -0.1) is 0 Å². The molecular formula is C12H17N3O3. The van der Waals surface area contributed by atoms with E-state index in [0.29, 0.717) is 12.3 Å². The summed E-state index contributed by atoms with van der Waals surface area (Å²) in [5.41, 5.74) is 6.86. The molecule has 0 aromatic heterocycles. The Morgan fingerprint density at radius 2 is 2.39 bits per heavy atom. The van der Waals surface area contributed by atoms with Crippen molar-refractivity contribution < 1.29 is 14.6 Å². The molecule has 0 fully saturated rings. The molecule has 0 saturated carbocycles. The Labute approximate surface area is 105 Å². The fraction of sp³-hybridized carbons (Fsp3) is 0.417. The molecule has 1 unspecified atom stereocenters. The molecule has 1 aliphatic heterocycles. The summed E-state index contributed by atoms with van der Waals surface area (Å²) in [5, 5.41) is 12.4. The highest BCUT2D eigenvalue weighted by atomic mass is 16.5. The summed E-state index contributed by atoms with van der Waals surface area (Å²) in [5.74, 6) is 0.601. The van der Waals surface area contributed by atoms with Crippen molar-refractivity contribution >= 4 is 17.3 Å². The van der Waals surface area contributed by atoms with Crippen molar-refractivity contribution in [1.29, 1.82) is 0 Å². The highest BCUT2D eigenvalue weighted by Crippen LogP contribution is 2.33. The Hall–Kier alpha value is -1.79. The Morgan fingerprint density at radius 1 is 1.61 bits per heavy atom. The van der Waals surface area contributed by atoms with Crippen LogP contribution in [0.5, 0.6) is 5.75 Å². The first-order valence-electron chi connectivity index (χ1n) is 5.77. The summed E-state index contributed by atoms with van der Waals surface area (Å²) >= 11 is 0. The molecule has 2 rings (SSSR count). The third-order valence-corrected chi connectivity index (χ3v) is 2.86. The van der Waals surface area contributed by atoms with Crippen LogP contribution in [0.3, 0.4) is 0 Å². The Balaban J connectivity index is 2.13. The van der Waals surface area contributed by atoms with Crippen LogP contribution in [0, 0.1) is 0 Å². The summed E-state index contributed by atoms with van der Waals surface area (Å²) in [6, 6.07) is 5.46. The second-order valence-electron chi connectivity index (χ2n) is 4.19. The molecule has 6 nitrogen and oxygen atoms in total. The molecular weight excluding hydrogens is 234 g/mol. The third kappa shape index (κ3) is 2.55. The lowest BCUT2D eigenvalue weighted by molar-refractivity contribution is -0.120. The van der Waals surface area contributed by atoms with Gasteiger partial charge in [-0.2, -0.15) is 0 Å². The van der Waals surface area contributed by atoms with E-state index >= 15 is 0 Å². The van der Waals surface area contributed by atoms with Crippen molar-refractivity contribution in [2.24, 2.45) is 5.73 Å². The van der Waals surface area contributed by atoms with Crippen molar-refractivity contribution in [3.05, 3.63) is 18.2 Å². The topological polar surface area (TPSA) is 87.8 Å². The highest BCUT2D eigenvalue weighted by molar-refractivity contribution is 5.97. The standard InChI is InChI=1S/C12H17N3O3/c1-15-10-4-8(14-6-9(16)5-13)2-3-11(10)18-7-12(15)17/h2-4,9,14,16H,5-7,13H2,1H3. The lowest BCUT2D eigenvalue weighted by atomic mass is 10.2. The summed E-state index contributed by atoms with van der Waals surface area (Å²) in [4.78, 5) is 13.1. The molecule has 0 saturated heterocycles. The minimum absolute atomic E-state index is 0.0716. The zero-order chi connectivity index (χ0) is 13.1. The predicted molar refractivity (Wildman–Crippen MR) is 68.9 cm³/mol. The number of hydrogen-bond acceptors (Lipinski definition) is 5. The van der Waals surface area contributed by atoms with Crippen LogP contribution in [0.1, 0.15) is 0 Å². The molecule has 1 atom stereocenters. The summed E-state index contributed by atoms with van der Waals surface area (Å²) in [7, 11) is 1.71. The smallest absolute Gasteiger partial charge is 0.264 e. The van der Waals surface area contributed by atoms with Gasteiger partial charge in [-0.1, -0.05) is 0 Å².